The molecular formula is C11H16Cl2N4. The van der Waals surface area contributed by atoms with Gasteiger partial charge >= 0.3 is 0 Å². The number of halogens is 2. The number of aromatic nitrogens is 2. The van der Waals surface area contributed by atoms with Gasteiger partial charge in [-0.3, -0.25) is 0 Å². The van der Waals surface area contributed by atoms with Gasteiger partial charge < -0.3 is 10.6 Å². The van der Waals surface area contributed by atoms with E-state index in [-0.39, 0.29) is 12.4 Å². The maximum absolute atomic E-state index is 5.70. The highest BCUT2D eigenvalue weighted by atomic mass is 35.5. The van der Waals surface area contributed by atoms with Crippen LogP contribution in [0.2, 0.25) is 5.15 Å². The predicted molar refractivity (Wildman–Crippen MR) is 70.8 cm³/mol. The Morgan fingerprint density at radius 3 is 2.47 bits per heavy atom. The minimum Gasteiger partial charge on any atom is -0.366 e. The predicted octanol–water partition coefficient (Wildman–Crippen LogP) is 1.96. The molecule has 0 spiro atoms. The Kier molecular flexibility index (Phi) is 4.07. The first-order valence-corrected chi connectivity index (χ1v) is 6.15. The molecule has 1 saturated heterocycles. The SMILES string of the molecule is Cl.Clc1ccc(NC2C[C@H]3CNC[C@H]3C2)nn1. The topological polar surface area (TPSA) is 49.8 Å². The summed E-state index contributed by atoms with van der Waals surface area (Å²) in [6, 6.07) is 4.21. The Balaban J connectivity index is 0.00000108. The maximum atomic E-state index is 5.70. The molecule has 1 saturated carbocycles. The number of nitrogens with zero attached hydrogens (tertiary/aromatic N) is 2. The summed E-state index contributed by atoms with van der Waals surface area (Å²) in [5, 5.41) is 15.2. The van der Waals surface area contributed by atoms with Crippen molar-refractivity contribution in [3.63, 3.8) is 0 Å². The molecule has 3 atom stereocenters. The van der Waals surface area contributed by atoms with Crippen molar-refractivity contribution in [2.75, 3.05) is 18.4 Å². The molecule has 2 fully saturated rings. The van der Waals surface area contributed by atoms with Gasteiger partial charge in [0.05, 0.1) is 0 Å². The van der Waals surface area contributed by atoms with Crippen LogP contribution in [0.1, 0.15) is 12.8 Å². The van der Waals surface area contributed by atoms with Crippen molar-refractivity contribution < 1.29 is 0 Å². The van der Waals surface area contributed by atoms with Crippen molar-refractivity contribution in [2.24, 2.45) is 11.8 Å². The Morgan fingerprint density at radius 1 is 1.18 bits per heavy atom. The van der Waals surface area contributed by atoms with Gasteiger partial charge in [-0.15, -0.1) is 22.6 Å². The van der Waals surface area contributed by atoms with E-state index in [0.717, 1.165) is 17.7 Å². The van der Waals surface area contributed by atoms with Crippen LogP contribution in [0.5, 0.6) is 0 Å². The van der Waals surface area contributed by atoms with Crippen LogP contribution in [0.4, 0.5) is 5.82 Å². The molecule has 1 aliphatic carbocycles. The third-order valence-corrected chi connectivity index (χ3v) is 3.84. The van der Waals surface area contributed by atoms with Crippen LogP contribution < -0.4 is 10.6 Å². The van der Waals surface area contributed by atoms with Crippen molar-refractivity contribution in [3.05, 3.63) is 17.3 Å². The van der Waals surface area contributed by atoms with Crippen molar-refractivity contribution in [3.8, 4) is 0 Å². The number of hydrogen-bond donors (Lipinski definition) is 2. The maximum Gasteiger partial charge on any atom is 0.151 e. The van der Waals surface area contributed by atoms with Crippen LogP contribution in [-0.2, 0) is 0 Å². The molecule has 1 unspecified atom stereocenters. The molecule has 0 bridgehead atoms. The van der Waals surface area contributed by atoms with E-state index in [9.17, 15) is 0 Å². The molecule has 2 aliphatic rings. The smallest absolute Gasteiger partial charge is 0.151 e. The summed E-state index contributed by atoms with van der Waals surface area (Å²) in [6.07, 6.45) is 2.48. The molecule has 6 heteroatoms. The fourth-order valence-electron chi connectivity index (χ4n) is 2.89. The first-order chi connectivity index (χ1) is 7.81. The summed E-state index contributed by atoms with van der Waals surface area (Å²) >= 11 is 5.70. The summed E-state index contributed by atoms with van der Waals surface area (Å²) in [6.45, 7) is 2.35. The third kappa shape index (κ3) is 2.81. The van der Waals surface area contributed by atoms with Crippen LogP contribution in [0, 0.1) is 11.8 Å². The van der Waals surface area contributed by atoms with E-state index in [1.165, 1.54) is 25.9 Å². The fraction of sp³-hybridized carbons (Fsp3) is 0.636. The zero-order chi connectivity index (χ0) is 11.0. The number of hydrogen-bond acceptors (Lipinski definition) is 4. The van der Waals surface area contributed by atoms with Gasteiger partial charge in [-0.25, -0.2) is 0 Å². The van der Waals surface area contributed by atoms with Gasteiger partial charge in [0, 0.05) is 6.04 Å². The molecule has 0 radical (unpaired) electrons. The van der Waals surface area contributed by atoms with Crippen molar-refractivity contribution in [1.29, 1.82) is 0 Å². The van der Waals surface area contributed by atoms with E-state index in [0.29, 0.717) is 11.2 Å². The fourth-order valence-corrected chi connectivity index (χ4v) is 2.99. The van der Waals surface area contributed by atoms with Crippen molar-refractivity contribution in [2.45, 2.75) is 18.9 Å². The van der Waals surface area contributed by atoms with Gasteiger partial charge in [0.25, 0.3) is 0 Å². The Bertz CT molecular complexity index is 358. The van der Waals surface area contributed by atoms with Crippen LogP contribution >= 0.6 is 24.0 Å². The van der Waals surface area contributed by atoms with Crippen LogP contribution in [0.15, 0.2) is 12.1 Å². The third-order valence-electron chi connectivity index (χ3n) is 3.64. The average molecular weight is 275 g/mol. The summed E-state index contributed by atoms with van der Waals surface area (Å²) < 4.78 is 0. The number of nitrogens with one attached hydrogen (secondary N) is 2. The summed E-state index contributed by atoms with van der Waals surface area (Å²) in [5.41, 5.74) is 0. The van der Waals surface area contributed by atoms with Crippen LogP contribution in [-0.4, -0.2) is 29.3 Å². The molecule has 2 N–H and O–H groups in total. The molecule has 1 aromatic rings. The molecule has 94 valence electrons. The highest BCUT2D eigenvalue weighted by molar-refractivity contribution is 6.29. The lowest BCUT2D eigenvalue weighted by Crippen LogP contribution is -2.21. The molecule has 0 aromatic carbocycles. The second-order valence-corrected chi connectivity index (χ2v) is 5.12. The highest BCUT2D eigenvalue weighted by Crippen LogP contribution is 2.35. The van der Waals surface area contributed by atoms with Gasteiger partial charge in [-0.2, -0.15) is 0 Å². The Morgan fingerprint density at radius 2 is 1.88 bits per heavy atom. The zero-order valence-corrected chi connectivity index (χ0v) is 11.0. The van der Waals surface area contributed by atoms with Crippen LogP contribution in [0.25, 0.3) is 0 Å². The van der Waals surface area contributed by atoms with Gasteiger partial charge in [0.2, 0.25) is 0 Å². The molecule has 4 nitrogen and oxygen atoms in total. The van der Waals surface area contributed by atoms with Gasteiger partial charge in [0.1, 0.15) is 5.82 Å². The molecular weight excluding hydrogens is 259 g/mol. The lowest BCUT2D eigenvalue weighted by Gasteiger charge is -2.13. The number of fused-ring (bicyclic) bond motifs is 1. The Labute approximate surface area is 112 Å². The largest absolute Gasteiger partial charge is 0.366 e. The summed E-state index contributed by atoms with van der Waals surface area (Å²) in [5.74, 6) is 2.53. The van der Waals surface area contributed by atoms with Gasteiger partial charge in [0.15, 0.2) is 5.15 Å². The standard InChI is InChI=1S/C11H15ClN4.ClH/c12-10-1-2-11(16-15-10)14-9-3-7-5-13-6-8(7)4-9;/h1-2,7-9,13H,3-6H2,(H,14,16);1H/t7-,8+,9?;. The minimum atomic E-state index is 0. The second-order valence-electron chi connectivity index (χ2n) is 4.73. The lowest BCUT2D eigenvalue weighted by molar-refractivity contribution is 0.494. The van der Waals surface area contributed by atoms with E-state index in [2.05, 4.69) is 20.8 Å². The van der Waals surface area contributed by atoms with Crippen molar-refractivity contribution >= 4 is 29.8 Å². The normalized spacial score (nSPS) is 30.8. The summed E-state index contributed by atoms with van der Waals surface area (Å²) in [7, 11) is 0. The highest BCUT2D eigenvalue weighted by Gasteiger charge is 2.37. The zero-order valence-electron chi connectivity index (χ0n) is 9.40. The molecule has 1 aromatic heterocycles. The molecule has 2 heterocycles. The van der Waals surface area contributed by atoms with E-state index in [4.69, 9.17) is 11.6 Å². The Hall–Kier alpha value is -0.580. The van der Waals surface area contributed by atoms with Crippen molar-refractivity contribution in [1.82, 2.24) is 15.5 Å². The van der Waals surface area contributed by atoms with Gasteiger partial charge in [-0.05, 0) is 49.9 Å². The van der Waals surface area contributed by atoms with E-state index >= 15 is 0 Å². The second kappa shape index (κ2) is 5.38. The number of anilines is 1. The number of rotatable bonds is 2. The van der Waals surface area contributed by atoms with Crippen LogP contribution in [0.3, 0.4) is 0 Å². The first-order valence-electron chi connectivity index (χ1n) is 5.78. The molecule has 1 aliphatic heterocycles. The van der Waals surface area contributed by atoms with E-state index in [1.54, 1.807) is 6.07 Å². The van der Waals surface area contributed by atoms with Gasteiger partial charge in [-0.1, -0.05) is 11.6 Å². The minimum absolute atomic E-state index is 0. The monoisotopic (exact) mass is 274 g/mol. The molecule has 0 amide bonds. The average Bonchev–Trinajstić information content (AvgIpc) is 2.81. The molecule has 17 heavy (non-hydrogen) atoms. The summed E-state index contributed by atoms with van der Waals surface area (Å²) in [4.78, 5) is 0. The molecule has 3 rings (SSSR count). The first kappa shape index (κ1) is 12.9. The quantitative estimate of drug-likeness (QED) is 0.866. The lowest BCUT2D eigenvalue weighted by atomic mass is 10.0. The van der Waals surface area contributed by atoms with E-state index in [1.807, 2.05) is 6.07 Å². The van der Waals surface area contributed by atoms with E-state index < -0.39 is 0 Å².